The summed E-state index contributed by atoms with van der Waals surface area (Å²) >= 11 is 3.22. The Morgan fingerprint density at radius 1 is 2.00 bits per heavy atom. The molecule has 0 unspecified atom stereocenters. The number of hydrogen-bond acceptors (Lipinski definition) is 1. The van der Waals surface area contributed by atoms with Gasteiger partial charge in [0, 0.05) is 4.83 Å². The Balaban J connectivity index is 2.60. The van der Waals surface area contributed by atoms with Crippen molar-refractivity contribution in [2.24, 2.45) is 5.41 Å². The Bertz CT molecular complexity index is 134. The molecule has 46 valence electrons. The van der Waals surface area contributed by atoms with Crippen molar-refractivity contribution < 1.29 is 9.90 Å². The molecule has 0 saturated heterocycles. The Hall–Kier alpha value is -0.0500. The largest absolute Gasteiger partial charge is 0.481 e. The lowest BCUT2D eigenvalue weighted by Crippen LogP contribution is -2.12. The van der Waals surface area contributed by atoms with Crippen LogP contribution in [0.4, 0.5) is 0 Å². The van der Waals surface area contributed by atoms with Gasteiger partial charge in [0.1, 0.15) is 0 Å². The van der Waals surface area contributed by atoms with E-state index in [0.717, 1.165) is 6.42 Å². The molecular weight excluding hydrogens is 172 g/mol. The highest BCUT2D eigenvalue weighted by molar-refractivity contribution is 9.09. The fraction of sp³-hybridized carbons (Fsp3) is 0.800. The predicted octanol–water partition coefficient (Wildman–Crippen LogP) is 1.24. The van der Waals surface area contributed by atoms with Crippen molar-refractivity contribution >= 4 is 21.9 Å². The Labute approximate surface area is 56.0 Å². The smallest absolute Gasteiger partial charge is 0.310 e. The molecule has 0 heterocycles. The van der Waals surface area contributed by atoms with Crippen LogP contribution in [-0.2, 0) is 4.79 Å². The molecule has 2 nitrogen and oxygen atoms in total. The molecule has 0 bridgehead atoms. The zero-order valence-corrected chi connectivity index (χ0v) is 6.10. The standard InChI is InChI=1S/C5H7BrO2/c1-5(4(7)8)2-3(5)6/h3H,2H2,1H3,(H,7,8)/t3-,5+/m1/s1. The molecule has 1 fully saturated rings. The first kappa shape index (κ1) is 6.08. The highest BCUT2D eigenvalue weighted by atomic mass is 79.9. The topological polar surface area (TPSA) is 37.3 Å². The minimum atomic E-state index is -0.695. The van der Waals surface area contributed by atoms with Gasteiger partial charge in [-0.3, -0.25) is 4.79 Å². The van der Waals surface area contributed by atoms with Gasteiger partial charge >= 0.3 is 5.97 Å². The summed E-state index contributed by atoms with van der Waals surface area (Å²) < 4.78 is 0. The molecular formula is C5H7BrO2. The number of carboxylic acids is 1. The molecule has 1 aliphatic rings. The highest BCUT2D eigenvalue weighted by Gasteiger charge is 2.55. The SMILES string of the molecule is C[C@]1(C(=O)O)C[C@H]1Br. The number of alkyl halides is 1. The van der Waals surface area contributed by atoms with E-state index in [1.807, 2.05) is 0 Å². The van der Waals surface area contributed by atoms with Crippen LogP contribution < -0.4 is 0 Å². The molecule has 0 aromatic rings. The van der Waals surface area contributed by atoms with Gasteiger partial charge in [0.25, 0.3) is 0 Å². The predicted molar refractivity (Wildman–Crippen MR) is 33.1 cm³/mol. The molecule has 1 aliphatic carbocycles. The van der Waals surface area contributed by atoms with Crippen LogP contribution in [0.25, 0.3) is 0 Å². The number of rotatable bonds is 1. The number of carbonyl (C=O) groups is 1. The normalized spacial score (nSPS) is 44.0. The van der Waals surface area contributed by atoms with Gasteiger partial charge in [-0.25, -0.2) is 0 Å². The molecule has 3 heteroatoms. The van der Waals surface area contributed by atoms with Gasteiger partial charge in [-0.05, 0) is 13.3 Å². The second kappa shape index (κ2) is 1.47. The third-order valence-electron chi connectivity index (χ3n) is 1.62. The first-order valence-corrected chi connectivity index (χ1v) is 3.36. The van der Waals surface area contributed by atoms with Gasteiger partial charge < -0.3 is 5.11 Å². The molecule has 0 aromatic carbocycles. The molecule has 0 radical (unpaired) electrons. The van der Waals surface area contributed by atoms with Crippen LogP contribution in [0.2, 0.25) is 0 Å². The molecule has 0 aliphatic heterocycles. The van der Waals surface area contributed by atoms with Gasteiger partial charge in [0.2, 0.25) is 0 Å². The van der Waals surface area contributed by atoms with E-state index in [9.17, 15) is 4.79 Å². The minimum absolute atomic E-state index is 0.201. The maximum atomic E-state index is 10.3. The van der Waals surface area contributed by atoms with Crippen LogP contribution in [-0.4, -0.2) is 15.9 Å². The van der Waals surface area contributed by atoms with Crippen LogP contribution in [0.5, 0.6) is 0 Å². The third-order valence-corrected chi connectivity index (χ3v) is 2.96. The second-order valence-corrected chi connectivity index (χ2v) is 3.50. The van der Waals surface area contributed by atoms with E-state index in [-0.39, 0.29) is 4.83 Å². The Morgan fingerprint density at radius 3 is 2.38 bits per heavy atom. The summed E-state index contributed by atoms with van der Waals surface area (Å²) in [5.41, 5.74) is -0.458. The summed E-state index contributed by atoms with van der Waals surface area (Å²) in [6, 6.07) is 0. The average molecular weight is 179 g/mol. The fourth-order valence-corrected chi connectivity index (χ4v) is 1.40. The Morgan fingerprint density at radius 2 is 2.38 bits per heavy atom. The average Bonchev–Trinajstić information content (AvgIpc) is 2.17. The monoisotopic (exact) mass is 178 g/mol. The van der Waals surface area contributed by atoms with E-state index in [1.54, 1.807) is 6.92 Å². The van der Waals surface area contributed by atoms with Crippen molar-refractivity contribution in [2.45, 2.75) is 18.2 Å². The quantitative estimate of drug-likeness (QED) is 0.615. The van der Waals surface area contributed by atoms with E-state index < -0.39 is 11.4 Å². The molecule has 2 atom stereocenters. The van der Waals surface area contributed by atoms with Crippen molar-refractivity contribution in [1.29, 1.82) is 0 Å². The van der Waals surface area contributed by atoms with E-state index in [0.29, 0.717) is 0 Å². The van der Waals surface area contributed by atoms with Crippen molar-refractivity contribution in [3.63, 3.8) is 0 Å². The van der Waals surface area contributed by atoms with E-state index >= 15 is 0 Å². The summed E-state index contributed by atoms with van der Waals surface area (Å²) in [5.74, 6) is -0.695. The molecule has 1 rings (SSSR count). The van der Waals surface area contributed by atoms with E-state index in [2.05, 4.69) is 15.9 Å². The van der Waals surface area contributed by atoms with Gasteiger partial charge in [-0.1, -0.05) is 15.9 Å². The van der Waals surface area contributed by atoms with Crippen molar-refractivity contribution in [3.8, 4) is 0 Å². The summed E-state index contributed by atoms with van der Waals surface area (Å²) in [6.07, 6.45) is 0.766. The van der Waals surface area contributed by atoms with E-state index in [4.69, 9.17) is 5.11 Å². The molecule has 1 N–H and O–H groups in total. The number of hydrogen-bond donors (Lipinski definition) is 1. The first-order chi connectivity index (χ1) is 3.57. The summed E-state index contributed by atoms with van der Waals surface area (Å²) in [6.45, 7) is 1.74. The fourth-order valence-electron chi connectivity index (χ4n) is 0.535. The van der Waals surface area contributed by atoms with Crippen LogP contribution in [0.3, 0.4) is 0 Å². The molecule has 0 spiro atoms. The van der Waals surface area contributed by atoms with Crippen LogP contribution in [0, 0.1) is 5.41 Å². The Kier molecular flexibility index (Phi) is 1.11. The highest BCUT2D eigenvalue weighted by Crippen LogP contribution is 2.51. The number of carboxylic acid groups (broad SMARTS) is 1. The van der Waals surface area contributed by atoms with Crippen LogP contribution in [0.1, 0.15) is 13.3 Å². The third kappa shape index (κ3) is 0.652. The molecule has 1 saturated carbocycles. The van der Waals surface area contributed by atoms with Gasteiger partial charge in [0.15, 0.2) is 0 Å². The minimum Gasteiger partial charge on any atom is -0.481 e. The lowest BCUT2D eigenvalue weighted by Gasteiger charge is -1.97. The molecule has 0 amide bonds. The zero-order valence-electron chi connectivity index (χ0n) is 4.52. The molecule has 0 aromatic heterocycles. The number of aliphatic carboxylic acids is 1. The first-order valence-electron chi connectivity index (χ1n) is 2.45. The van der Waals surface area contributed by atoms with Crippen molar-refractivity contribution in [1.82, 2.24) is 0 Å². The maximum absolute atomic E-state index is 10.3. The summed E-state index contributed by atoms with van der Waals surface area (Å²) in [7, 11) is 0. The van der Waals surface area contributed by atoms with Gasteiger partial charge in [-0.2, -0.15) is 0 Å². The van der Waals surface area contributed by atoms with Crippen LogP contribution >= 0.6 is 15.9 Å². The van der Waals surface area contributed by atoms with Gasteiger partial charge in [-0.15, -0.1) is 0 Å². The summed E-state index contributed by atoms with van der Waals surface area (Å²) in [4.78, 5) is 10.5. The zero-order chi connectivity index (χ0) is 6.36. The van der Waals surface area contributed by atoms with Crippen molar-refractivity contribution in [3.05, 3.63) is 0 Å². The van der Waals surface area contributed by atoms with Crippen molar-refractivity contribution in [2.75, 3.05) is 0 Å². The molecule has 8 heavy (non-hydrogen) atoms. The lowest BCUT2D eigenvalue weighted by molar-refractivity contribution is -0.142. The van der Waals surface area contributed by atoms with Crippen LogP contribution in [0.15, 0.2) is 0 Å². The number of halogens is 1. The lowest BCUT2D eigenvalue weighted by atomic mass is 10.2. The van der Waals surface area contributed by atoms with E-state index in [1.165, 1.54) is 0 Å². The maximum Gasteiger partial charge on any atom is 0.310 e. The van der Waals surface area contributed by atoms with Gasteiger partial charge in [0.05, 0.1) is 5.41 Å². The second-order valence-electron chi connectivity index (χ2n) is 2.39. The summed E-state index contributed by atoms with van der Waals surface area (Å²) in [5, 5.41) is 8.45.